The minimum atomic E-state index is -4.48. The number of benzene rings is 3. The van der Waals surface area contributed by atoms with Gasteiger partial charge in [-0.15, -0.1) is 12.8 Å². The second kappa shape index (κ2) is 14.3. The second-order valence-corrected chi connectivity index (χ2v) is 14.6. The van der Waals surface area contributed by atoms with Crippen molar-refractivity contribution in [2.45, 2.75) is 36.5 Å². The molecule has 0 aliphatic heterocycles. The summed E-state index contributed by atoms with van der Waals surface area (Å²) in [5.74, 6) is -0.222. The number of thiol groups is 1. The van der Waals surface area contributed by atoms with Gasteiger partial charge in [0.05, 0.1) is 37.8 Å². The summed E-state index contributed by atoms with van der Waals surface area (Å²) in [5, 5.41) is 3.78. The summed E-state index contributed by atoms with van der Waals surface area (Å²) in [6.45, 7) is 3.37. The van der Waals surface area contributed by atoms with Crippen molar-refractivity contribution in [3.05, 3.63) is 75.2 Å². The third-order valence-corrected chi connectivity index (χ3v) is 10.5. The maximum atomic E-state index is 13.3. The molecule has 0 aromatic heterocycles. The van der Waals surface area contributed by atoms with Crippen LogP contribution in [0.2, 0.25) is 15.1 Å². The van der Waals surface area contributed by atoms with Crippen LogP contribution in [0, 0.1) is 6.92 Å². The molecule has 0 spiro atoms. The van der Waals surface area contributed by atoms with Gasteiger partial charge in [0.2, 0.25) is 10.0 Å². The average molecular weight is 690 g/mol. The Hall–Kier alpha value is -1.91. The van der Waals surface area contributed by atoms with Crippen molar-refractivity contribution in [1.82, 2.24) is 0 Å². The van der Waals surface area contributed by atoms with Gasteiger partial charge in [0.25, 0.3) is 20.0 Å². The summed E-state index contributed by atoms with van der Waals surface area (Å²) in [5.41, 5.74) is -0.407. The van der Waals surface area contributed by atoms with E-state index in [4.69, 9.17) is 34.8 Å². The molecule has 17 heteroatoms. The number of sulfonamides is 3. The molecule has 0 bridgehead atoms. The molecule has 0 aliphatic rings. The van der Waals surface area contributed by atoms with E-state index in [1.807, 2.05) is 6.92 Å². The normalized spacial score (nSPS) is 11.8. The molecule has 0 atom stereocenters. The number of nitrogens with two attached hydrogens (primary N) is 1. The van der Waals surface area contributed by atoms with E-state index in [0.29, 0.717) is 18.4 Å². The molecule has 0 saturated heterocycles. The van der Waals surface area contributed by atoms with E-state index >= 15 is 0 Å². The fraction of sp³-hybridized carbons (Fsp3) is 0.217. The highest BCUT2D eigenvalue weighted by Gasteiger charge is 2.27. The molecule has 0 radical (unpaired) electrons. The van der Waals surface area contributed by atoms with Gasteiger partial charge in [-0.3, -0.25) is 19.3 Å². The average Bonchev–Trinajstić information content (AvgIpc) is 2.90. The first-order valence-corrected chi connectivity index (χ1v) is 17.6. The van der Waals surface area contributed by atoms with Crippen LogP contribution in [0.1, 0.15) is 25.3 Å². The molecule has 0 fully saturated rings. The number of hydrogen-bond acceptors (Lipinski definition) is 8. The Kier molecular flexibility index (Phi) is 12.3. The maximum Gasteiger partial charge on any atom is 0.263 e. The standard InChI is InChI=1S/C23H24Cl3N3O6S3.H3NS/c1-3-4-12-36(30,31)28-22-15(2)10-11-19(23(22)29-37(32,33)17-8-6-5-7-9-17)27-38(34,35)20-14-16(24)13-18(25)21(20)26;1-2/h5-11,13-14,27-29H,3-4,12H2,1-2H3;2H,1H2. The van der Waals surface area contributed by atoms with Crippen LogP contribution in [-0.2, 0) is 30.1 Å². The van der Waals surface area contributed by atoms with Crippen molar-refractivity contribution in [3.8, 4) is 0 Å². The van der Waals surface area contributed by atoms with Gasteiger partial charge in [-0.1, -0.05) is 72.4 Å². The van der Waals surface area contributed by atoms with E-state index in [0.717, 1.165) is 6.07 Å². The number of unbranched alkanes of at least 4 members (excludes halogenated alkanes) is 1. The number of nitrogens with one attached hydrogen (secondary N) is 3. The lowest BCUT2D eigenvalue weighted by Gasteiger charge is -2.21. The molecule has 0 amide bonds. The molecule has 3 rings (SSSR count). The van der Waals surface area contributed by atoms with Crippen molar-refractivity contribution in [2.75, 3.05) is 19.9 Å². The lowest BCUT2D eigenvalue weighted by atomic mass is 10.1. The lowest BCUT2D eigenvalue weighted by Crippen LogP contribution is -2.22. The molecule has 10 nitrogen and oxygen atoms in total. The molecule has 5 N–H and O–H groups in total. The molecule has 40 heavy (non-hydrogen) atoms. The molecule has 3 aromatic rings. The third kappa shape index (κ3) is 8.79. The van der Waals surface area contributed by atoms with E-state index in [-0.39, 0.29) is 42.8 Å². The van der Waals surface area contributed by atoms with Crippen molar-refractivity contribution in [1.29, 1.82) is 0 Å². The highest BCUT2D eigenvalue weighted by molar-refractivity contribution is 7.93. The van der Waals surface area contributed by atoms with Gasteiger partial charge in [0.15, 0.2) is 0 Å². The summed E-state index contributed by atoms with van der Waals surface area (Å²) in [7, 11) is -12.7. The molecule has 0 unspecified atom stereocenters. The van der Waals surface area contributed by atoms with E-state index < -0.39 is 35.0 Å². The van der Waals surface area contributed by atoms with Gasteiger partial charge in [0.1, 0.15) is 4.90 Å². The van der Waals surface area contributed by atoms with Crippen LogP contribution in [0.25, 0.3) is 0 Å². The van der Waals surface area contributed by atoms with Crippen molar-refractivity contribution < 1.29 is 25.3 Å². The summed E-state index contributed by atoms with van der Waals surface area (Å²) in [6.07, 6.45) is 0.968. The fourth-order valence-corrected chi connectivity index (χ4v) is 7.98. The number of aryl methyl sites for hydroxylation is 1. The molecular formula is C23H27Cl3N4O6S4. The summed E-state index contributed by atoms with van der Waals surface area (Å²) < 4.78 is 85.6. The number of halogens is 3. The van der Waals surface area contributed by atoms with E-state index in [1.165, 1.54) is 42.5 Å². The Morgan fingerprint density at radius 1 is 0.800 bits per heavy atom. The monoisotopic (exact) mass is 688 g/mol. The Morgan fingerprint density at radius 3 is 2.02 bits per heavy atom. The quantitative estimate of drug-likeness (QED) is 0.124. The van der Waals surface area contributed by atoms with Gasteiger partial charge in [0, 0.05) is 5.02 Å². The van der Waals surface area contributed by atoms with Gasteiger partial charge >= 0.3 is 0 Å². The number of anilines is 3. The first-order valence-electron chi connectivity index (χ1n) is 11.3. The van der Waals surface area contributed by atoms with Crippen LogP contribution in [0.15, 0.2) is 64.4 Å². The second-order valence-electron chi connectivity index (χ2n) is 8.18. The van der Waals surface area contributed by atoms with Crippen LogP contribution in [0.5, 0.6) is 0 Å². The Balaban J connectivity index is 0.00000274. The molecular weight excluding hydrogens is 663 g/mol. The summed E-state index contributed by atoms with van der Waals surface area (Å²) in [6, 6.07) is 12.4. The fourth-order valence-electron chi connectivity index (χ4n) is 3.29. The van der Waals surface area contributed by atoms with Gasteiger partial charge < -0.3 is 0 Å². The van der Waals surface area contributed by atoms with Crippen molar-refractivity contribution >= 4 is 94.7 Å². The minimum absolute atomic E-state index is 0.00180. The summed E-state index contributed by atoms with van der Waals surface area (Å²) in [4.78, 5) is -0.584. The van der Waals surface area contributed by atoms with Gasteiger partial charge in [-0.05, 0) is 49.2 Å². The van der Waals surface area contributed by atoms with Crippen molar-refractivity contribution in [2.24, 2.45) is 5.14 Å². The Morgan fingerprint density at radius 2 is 1.43 bits per heavy atom. The van der Waals surface area contributed by atoms with Crippen LogP contribution >= 0.6 is 47.6 Å². The zero-order valence-corrected chi connectivity index (χ0v) is 26.8. The van der Waals surface area contributed by atoms with E-state index in [9.17, 15) is 25.3 Å². The molecule has 0 saturated carbocycles. The molecule has 3 aromatic carbocycles. The topological polar surface area (TPSA) is 165 Å². The van der Waals surface area contributed by atoms with E-state index in [2.05, 4.69) is 32.1 Å². The van der Waals surface area contributed by atoms with Crippen LogP contribution in [-0.4, -0.2) is 31.0 Å². The van der Waals surface area contributed by atoms with Crippen molar-refractivity contribution in [3.63, 3.8) is 0 Å². The maximum absolute atomic E-state index is 13.3. The molecule has 220 valence electrons. The zero-order valence-electron chi connectivity index (χ0n) is 21.2. The number of rotatable bonds is 11. The predicted molar refractivity (Wildman–Crippen MR) is 166 cm³/mol. The first-order chi connectivity index (χ1) is 18.7. The smallest absolute Gasteiger partial charge is 0.263 e. The van der Waals surface area contributed by atoms with Crippen LogP contribution < -0.4 is 19.3 Å². The highest BCUT2D eigenvalue weighted by atomic mass is 35.5. The SMILES string of the molecule is CCCCS(=O)(=O)Nc1c(C)ccc(NS(=O)(=O)c2cc(Cl)cc(Cl)c2Cl)c1NS(=O)(=O)c1ccccc1.NS. The van der Waals surface area contributed by atoms with Gasteiger partial charge in [-0.25, -0.2) is 25.3 Å². The Bertz CT molecular complexity index is 1670. The first kappa shape index (κ1) is 34.3. The van der Waals surface area contributed by atoms with Crippen LogP contribution in [0.4, 0.5) is 17.1 Å². The Labute approximate surface area is 255 Å². The third-order valence-electron chi connectivity index (χ3n) is 5.22. The van der Waals surface area contributed by atoms with Gasteiger partial charge in [-0.2, -0.15) is 0 Å². The summed E-state index contributed by atoms with van der Waals surface area (Å²) >= 11 is 21.1. The largest absolute Gasteiger partial charge is 0.281 e. The minimum Gasteiger partial charge on any atom is -0.281 e. The lowest BCUT2D eigenvalue weighted by molar-refractivity contribution is 0.596. The predicted octanol–water partition coefficient (Wildman–Crippen LogP) is 5.89. The number of hydrogen-bond donors (Lipinski definition) is 5. The molecule has 0 aliphatic carbocycles. The highest BCUT2D eigenvalue weighted by Crippen LogP contribution is 2.39. The molecule has 0 heterocycles. The van der Waals surface area contributed by atoms with Crippen LogP contribution in [0.3, 0.4) is 0 Å². The van der Waals surface area contributed by atoms with E-state index in [1.54, 1.807) is 13.0 Å². The zero-order chi connectivity index (χ0) is 30.3.